The van der Waals surface area contributed by atoms with Gasteiger partial charge in [-0.05, 0) is 30.5 Å². The second-order valence-electron chi connectivity index (χ2n) is 6.95. The lowest BCUT2D eigenvalue weighted by Gasteiger charge is -2.13. The number of hydrogen-bond acceptors (Lipinski definition) is 3. The summed E-state index contributed by atoms with van der Waals surface area (Å²) >= 11 is 5.90. The molecule has 7 heteroatoms. The van der Waals surface area contributed by atoms with Crippen molar-refractivity contribution in [3.05, 3.63) is 52.7 Å². The van der Waals surface area contributed by atoms with E-state index in [0.717, 1.165) is 36.1 Å². The average Bonchev–Trinajstić information content (AvgIpc) is 3.05. The summed E-state index contributed by atoms with van der Waals surface area (Å²) in [6.45, 7) is 7.65. The van der Waals surface area contributed by atoms with Crippen molar-refractivity contribution < 1.29 is 4.42 Å². The van der Waals surface area contributed by atoms with Crippen molar-refractivity contribution in [2.45, 2.75) is 45.6 Å². The molecule has 144 valence electrons. The van der Waals surface area contributed by atoms with E-state index in [1.54, 1.807) is 13.2 Å². The van der Waals surface area contributed by atoms with Crippen LogP contribution in [0.3, 0.4) is 0 Å². The van der Waals surface area contributed by atoms with E-state index in [9.17, 15) is 0 Å². The highest BCUT2D eigenvalue weighted by molar-refractivity contribution is 14.0. The second kappa shape index (κ2) is 10.8. The Bertz CT molecular complexity index is 692. The summed E-state index contributed by atoms with van der Waals surface area (Å²) in [6, 6.07) is 7.97. The smallest absolute Gasteiger partial charge is 0.213 e. The van der Waals surface area contributed by atoms with Gasteiger partial charge in [0.05, 0.1) is 12.7 Å². The van der Waals surface area contributed by atoms with Crippen molar-refractivity contribution in [2.75, 3.05) is 13.6 Å². The minimum atomic E-state index is -0.0349. The van der Waals surface area contributed by atoms with Crippen LogP contribution in [0, 0.1) is 0 Å². The van der Waals surface area contributed by atoms with Crippen LogP contribution in [0.1, 0.15) is 44.4 Å². The van der Waals surface area contributed by atoms with Gasteiger partial charge in [-0.15, -0.1) is 24.0 Å². The topological polar surface area (TPSA) is 62.5 Å². The molecule has 0 aliphatic heterocycles. The van der Waals surface area contributed by atoms with E-state index in [1.807, 2.05) is 12.1 Å². The second-order valence-corrected chi connectivity index (χ2v) is 7.39. The molecule has 1 aromatic heterocycles. The van der Waals surface area contributed by atoms with Gasteiger partial charge in [0.25, 0.3) is 0 Å². The first-order valence-corrected chi connectivity index (χ1v) is 8.90. The van der Waals surface area contributed by atoms with Crippen LogP contribution in [-0.2, 0) is 18.4 Å². The fourth-order valence-corrected chi connectivity index (χ4v) is 2.40. The van der Waals surface area contributed by atoms with Crippen molar-refractivity contribution in [3.8, 4) is 0 Å². The van der Waals surface area contributed by atoms with Gasteiger partial charge in [-0.25, -0.2) is 4.98 Å². The van der Waals surface area contributed by atoms with Gasteiger partial charge in [-0.3, -0.25) is 4.99 Å². The third kappa shape index (κ3) is 7.53. The number of nitrogens with zero attached hydrogens (tertiary/aromatic N) is 2. The van der Waals surface area contributed by atoms with Crippen LogP contribution in [0.5, 0.6) is 0 Å². The fourth-order valence-electron chi connectivity index (χ4n) is 2.27. The lowest BCUT2D eigenvalue weighted by atomic mass is 9.94. The number of halogens is 2. The number of guanidine groups is 1. The maximum absolute atomic E-state index is 5.90. The highest BCUT2D eigenvalue weighted by Crippen LogP contribution is 2.22. The summed E-state index contributed by atoms with van der Waals surface area (Å²) in [6.07, 6.45) is 3.80. The number of aryl methyl sites for hydroxylation is 1. The summed E-state index contributed by atoms with van der Waals surface area (Å²) in [7, 11) is 1.75. The normalized spacial score (nSPS) is 11.8. The lowest BCUT2D eigenvalue weighted by Crippen LogP contribution is -2.37. The molecule has 0 radical (unpaired) electrons. The molecule has 26 heavy (non-hydrogen) atoms. The zero-order valence-electron chi connectivity index (χ0n) is 15.8. The molecular formula is C19H28ClIN4O. The van der Waals surface area contributed by atoms with E-state index in [2.05, 4.69) is 53.5 Å². The Hall–Kier alpha value is -1.28. The zero-order valence-corrected chi connectivity index (χ0v) is 18.9. The van der Waals surface area contributed by atoms with Crippen LogP contribution in [0.2, 0.25) is 5.02 Å². The van der Waals surface area contributed by atoms with Gasteiger partial charge in [-0.2, -0.15) is 0 Å². The average molecular weight is 491 g/mol. The van der Waals surface area contributed by atoms with Crippen molar-refractivity contribution in [3.63, 3.8) is 0 Å². The maximum atomic E-state index is 5.90. The third-order valence-corrected chi connectivity index (χ3v) is 4.02. The molecule has 1 heterocycles. The van der Waals surface area contributed by atoms with Gasteiger partial charge < -0.3 is 15.1 Å². The Labute approximate surface area is 178 Å². The number of benzene rings is 1. The molecule has 0 saturated carbocycles. The summed E-state index contributed by atoms with van der Waals surface area (Å²) in [4.78, 5) is 8.53. The molecule has 0 aliphatic rings. The first-order chi connectivity index (χ1) is 11.9. The Balaban J connectivity index is 0.00000338. The SMILES string of the molecule is CN=C(NCCCc1ccc(Cl)cc1)NCc1ncc(C(C)(C)C)o1.I. The molecule has 2 rings (SSSR count). The monoisotopic (exact) mass is 490 g/mol. The number of hydrogen-bond donors (Lipinski definition) is 2. The van der Waals surface area contributed by atoms with Crippen LogP contribution >= 0.6 is 35.6 Å². The van der Waals surface area contributed by atoms with Crippen molar-refractivity contribution >= 4 is 41.5 Å². The Morgan fingerprint density at radius 1 is 1.19 bits per heavy atom. The van der Waals surface area contributed by atoms with Crippen LogP contribution in [0.15, 0.2) is 39.9 Å². The van der Waals surface area contributed by atoms with Gasteiger partial charge in [0.2, 0.25) is 5.89 Å². The number of nitrogens with one attached hydrogen (secondary N) is 2. The minimum absolute atomic E-state index is 0. The van der Waals surface area contributed by atoms with E-state index >= 15 is 0 Å². The summed E-state index contributed by atoms with van der Waals surface area (Å²) in [5.74, 6) is 2.29. The Kier molecular flexibility index (Phi) is 9.43. The van der Waals surface area contributed by atoms with Crippen LogP contribution in [0.25, 0.3) is 0 Å². The summed E-state index contributed by atoms with van der Waals surface area (Å²) < 4.78 is 5.77. The van der Waals surface area contributed by atoms with E-state index in [4.69, 9.17) is 16.0 Å². The molecule has 0 saturated heterocycles. The van der Waals surface area contributed by atoms with Crippen LogP contribution < -0.4 is 10.6 Å². The standard InChI is InChI=1S/C19H27ClN4O.HI/c1-19(2,3)16-12-23-17(25-16)13-24-18(21-4)22-11-5-6-14-7-9-15(20)10-8-14;/h7-10,12H,5-6,11,13H2,1-4H3,(H2,21,22,24);1H. The molecule has 0 aliphatic carbocycles. The van der Waals surface area contributed by atoms with Crippen molar-refractivity contribution in [2.24, 2.45) is 4.99 Å². The molecule has 0 spiro atoms. The maximum Gasteiger partial charge on any atom is 0.213 e. The highest BCUT2D eigenvalue weighted by Gasteiger charge is 2.19. The highest BCUT2D eigenvalue weighted by atomic mass is 127. The molecule has 1 aromatic carbocycles. The molecule has 0 atom stereocenters. The number of aromatic nitrogens is 1. The number of rotatable bonds is 6. The van der Waals surface area contributed by atoms with Crippen LogP contribution in [0.4, 0.5) is 0 Å². The molecule has 0 bridgehead atoms. The molecule has 0 amide bonds. The number of oxazole rings is 1. The fraction of sp³-hybridized carbons (Fsp3) is 0.474. The van der Waals surface area contributed by atoms with Crippen molar-refractivity contribution in [1.29, 1.82) is 0 Å². The van der Waals surface area contributed by atoms with E-state index < -0.39 is 0 Å². The van der Waals surface area contributed by atoms with E-state index in [1.165, 1.54) is 5.56 Å². The van der Waals surface area contributed by atoms with Gasteiger partial charge in [0, 0.05) is 24.0 Å². The largest absolute Gasteiger partial charge is 0.443 e. The minimum Gasteiger partial charge on any atom is -0.443 e. The predicted molar refractivity (Wildman–Crippen MR) is 119 cm³/mol. The molecule has 0 fully saturated rings. The van der Waals surface area contributed by atoms with E-state index in [0.29, 0.717) is 12.4 Å². The van der Waals surface area contributed by atoms with E-state index in [-0.39, 0.29) is 29.4 Å². The predicted octanol–water partition coefficient (Wildman–Crippen LogP) is 4.54. The molecule has 2 aromatic rings. The van der Waals surface area contributed by atoms with Gasteiger partial charge in [-0.1, -0.05) is 44.5 Å². The van der Waals surface area contributed by atoms with Crippen LogP contribution in [-0.4, -0.2) is 24.5 Å². The zero-order chi connectivity index (χ0) is 18.3. The first-order valence-electron chi connectivity index (χ1n) is 8.52. The van der Waals surface area contributed by atoms with Gasteiger partial charge >= 0.3 is 0 Å². The molecule has 5 nitrogen and oxygen atoms in total. The van der Waals surface area contributed by atoms with Gasteiger partial charge in [0.15, 0.2) is 5.96 Å². The quantitative estimate of drug-likeness (QED) is 0.270. The number of aliphatic imine (C=N–C) groups is 1. The molecule has 0 unspecified atom stereocenters. The summed E-state index contributed by atoms with van der Waals surface area (Å²) in [5, 5.41) is 7.29. The van der Waals surface area contributed by atoms with Gasteiger partial charge in [0.1, 0.15) is 5.76 Å². The molecular weight excluding hydrogens is 463 g/mol. The summed E-state index contributed by atoms with van der Waals surface area (Å²) in [5.41, 5.74) is 1.25. The Morgan fingerprint density at radius 3 is 2.46 bits per heavy atom. The van der Waals surface area contributed by atoms with Crippen molar-refractivity contribution in [1.82, 2.24) is 15.6 Å². The first kappa shape index (κ1) is 22.8. The Morgan fingerprint density at radius 2 is 1.88 bits per heavy atom. The third-order valence-electron chi connectivity index (χ3n) is 3.77. The lowest BCUT2D eigenvalue weighted by molar-refractivity contribution is 0.379. The molecule has 2 N–H and O–H groups in total.